The van der Waals surface area contributed by atoms with Crippen LogP contribution in [0.1, 0.15) is 30.4 Å². The molecule has 1 spiro atoms. The van der Waals surface area contributed by atoms with Crippen molar-refractivity contribution < 1.29 is 9.59 Å². The Bertz CT molecular complexity index is 838. The summed E-state index contributed by atoms with van der Waals surface area (Å²) in [5, 5.41) is 9.42. The summed E-state index contributed by atoms with van der Waals surface area (Å²) in [6.45, 7) is 2.42. The monoisotopic (exact) mass is 427 g/mol. The van der Waals surface area contributed by atoms with Crippen LogP contribution >= 0.6 is 12.4 Å². The second-order valence-corrected chi connectivity index (χ2v) is 8.32. The maximum Gasteiger partial charge on any atom is 0.243 e. The molecule has 0 bridgehead atoms. The van der Waals surface area contributed by atoms with Crippen molar-refractivity contribution in [1.82, 2.24) is 16.0 Å². The fourth-order valence-electron chi connectivity index (χ4n) is 4.44. The van der Waals surface area contributed by atoms with Gasteiger partial charge in [0.15, 0.2) is 0 Å². The summed E-state index contributed by atoms with van der Waals surface area (Å²) in [7, 11) is 0. The van der Waals surface area contributed by atoms with E-state index in [0.717, 1.165) is 43.5 Å². The van der Waals surface area contributed by atoms with Gasteiger partial charge in [-0.1, -0.05) is 60.7 Å². The summed E-state index contributed by atoms with van der Waals surface area (Å²) in [4.78, 5) is 25.9. The fourth-order valence-corrected chi connectivity index (χ4v) is 4.44. The van der Waals surface area contributed by atoms with E-state index >= 15 is 0 Å². The van der Waals surface area contributed by atoms with Crippen LogP contribution in [0.15, 0.2) is 60.7 Å². The predicted octanol–water partition coefficient (Wildman–Crippen LogP) is 2.84. The van der Waals surface area contributed by atoms with Crippen molar-refractivity contribution in [1.29, 1.82) is 0 Å². The Labute approximate surface area is 184 Å². The number of nitrogens with one attached hydrogen (secondary N) is 3. The summed E-state index contributed by atoms with van der Waals surface area (Å²) in [5.74, 6) is -0.0569. The lowest BCUT2D eigenvalue weighted by Gasteiger charge is -2.24. The van der Waals surface area contributed by atoms with Gasteiger partial charge in [-0.3, -0.25) is 9.59 Å². The van der Waals surface area contributed by atoms with Gasteiger partial charge in [0.05, 0.1) is 0 Å². The van der Waals surface area contributed by atoms with Gasteiger partial charge < -0.3 is 16.0 Å². The van der Waals surface area contributed by atoms with Gasteiger partial charge >= 0.3 is 0 Å². The number of benzene rings is 2. The molecule has 30 heavy (non-hydrogen) atoms. The standard InChI is InChI=1S/C24H29N3O2.ClH/c28-22(20-16-24(20)11-13-25-14-12-24)27-21(15-18-7-3-1-4-8-18)23(29)26-17-19-9-5-2-6-10-19;/h1-10,20-21,25H,11-17H2,(H,26,29)(H,27,28);1H. The van der Waals surface area contributed by atoms with Crippen molar-refractivity contribution in [2.45, 2.75) is 38.3 Å². The van der Waals surface area contributed by atoms with Crippen LogP contribution in [0, 0.1) is 11.3 Å². The highest BCUT2D eigenvalue weighted by Gasteiger charge is 2.57. The van der Waals surface area contributed by atoms with Crippen molar-refractivity contribution in [3.05, 3.63) is 71.8 Å². The van der Waals surface area contributed by atoms with Crippen LogP contribution in [0.4, 0.5) is 0 Å². The van der Waals surface area contributed by atoms with Crippen LogP contribution < -0.4 is 16.0 Å². The van der Waals surface area contributed by atoms with E-state index in [1.54, 1.807) is 0 Å². The quantitative estimate of drug-likeness (QED) is 0.636. The molecule has 2 aromatic carbocycles. The third-order valence-corrected chi connectivity index (χ3v) is 6.33. The van der Waals surface area contributed by atoms with Crippen molar-refractivity contribution in [2.24, 2.45) is 11.3 Å². The number of halogens is 1. The third kappa shape index (κ3) is 5.41. The molecule has 1 saturated carbocycles. The normalized spacial score (nSPS) is 19.9. The molecule has 1 aliphatic carbocycles. The molecule has 0 radical (unpaired) electrons. The van der Waals surface area contributed by atoms with E-state index in [-0.39, 0.29) is 35.6 Å². The molecular weight excluding hydrogens is 398 g/mol. The summed E-state index contributed by atoms with van der Waals surface area (Å²) in [5.41, 5.74) is 2.24. The van der Waals surface area contributed by atoms with Gasteiger partial charge in [-0.15, -0.1) is 12.4 Å². The lowest BCUT2D eigenvalue weighted by molar-refractivity contribution is -0.130. The number of piperidine rings is 1. The molecule has 160 valence electrons. The number of carbonyl (C=O) groups excluding carboxylic acids is 2. The van der Waals surface area contributed by atoms with Crippen LogP contribution in [-0.2, 0) is 22.6 Å². The van der Waals surface area contributed by atoms with Crippen molar-refractivity contribution in [3.8, 4) is 0 Å². The first-order valence-electron chi connectivity index (χ1n) is 10.5. The lowest BCUT2D eigenvalue weighted by Crippen LogP contribution is -2.49. The first kappa shape index (κ1) is 22.3. The molecule has 2 atom stereocenters. The summed E-state index contributed by atoms with van der Waals surface area (Å²) < 4.78 is 0. The Morgan fingerprint density at radius 2 is 1.57 bits per heavy atom. The van der Waals surface area contributed by atoms with Crippen LogP contribution in [-0.4, -0.2) is 30.9 Å². The highest BCUT2D eigenvalue weighted by atomic mass is 35.5. The third-order valence-electron chi connectivity index (χ3n) is 6.33. The first-order valence-corrected chi connectivity index (χ1v) is 10.5. The Kier molecular flexibility index (Phi) is 7.51. The van der Waals surface area contributed by atoms with Crippen LogP contribution in [0.2, 0.25) is 0 Å². The fraction of sp³-hybridized carbons (Fsp3) is 0.417. The molecule has 0 aromatic heterocycles. The van der Waals surface area contributed by atoms with E-state index in [2.05, 4.69) is 16.0 Å². The van der Waals surface area contributed by atoms with E-state index in [4.69, 9.17) is 0 Å². The number of rotatable bonds is 7. The second kappa shape index (κ2) is 10.1. The molecule has 1 aliphatic heterocycles. The minimum Gasteiger partial charge on any atom is -0.350 e. The van der Waals surface area contributed by atoms with Crippen molar-refractivity contribution in [2.75, 3.05) is 13.1 Å². The second-order valence-electron chi connectivity index (χ2n) is 8.32. The van der Waals surface area contributed by atoms with Crippen LogP contribution in [0.25, 0.3) is 0 Å². The zero-order chi connectivity index (χ0) is 20.1. The zero-order valence-corrected chi connectivity index (χ0v) is 17.9. The van der Waals surface area contributed by atoms with Crippen molar-refractivity contribution in [3.63, 3.8) is 0 Å². The summed E-state index contributed by atoms with van der Waals surface area (Å²) in [6.07, 6.45) is 3.54. The highest BCUT2D eigenvalue weighted by Crippen LogP contribution is 2.58. The smallest absolute Gasteiger partial charge is 0.243 e. The predicted molar refractivity (Wildman–Crippen MR) is 120 cm³/mol. The van der Waals surface area contributed by atoms with Gasteiger partial charge in [-0.05, 0) is 48.9 Å². The minimum absolute atomic E-state index is 0. The Morgan fingerprint density at radius 1 is 0.967 bits per heavy atom. The van der Waals surface area contributed by atoms with Gasteiger partial charge in [-0.2, -0.15) is 0 Å². The van der Waals surface area contributed by atoms with E-state index in [9.17, 15) is 9.59 Å². The Balaban J connectivity index is 0.00000256. The van der Waals surface area contributed by atoms with E-state index in [1.807, 2.05) is 60.7 Å². The molecule has 3 N–H and O–H groups in total. The molecule has 2 aromatic rings. The molecule has 5 nitrogen and oxygen atoms in total. The van der Waals surface area contributed by atoms with Gasteiger partial charge in [0.2, 0.25) is 11.8 Å². The average Bonchev–Trinajstić information content (AvgIpc) is 3.46. The molecule has 1 heterocycles. The molecule has 1 saturated heterocycles. The van der Waals surface area contributed by atoms with Gasteiger partial charge in [0.1, 0.15) is 6.04 Å². The first-order chi connectivity index (χ1) is 14.2. The Hall–Kier alpha value is -2.37. The van der Waals surface area contributed by atoms with Crippen molar-refractivity contribution >= 4 is 24.2 Å². The van der Waals surface area contributed by atoms with Gasteiger partial charge in [0.25, 0.3) is 0 Å². The SMILES string of the molecule is Cl.O=C(NCc1ccccc1)C(Cc1ccccc1)NC(=O)C1CC12CCNCC2. The minimum atomic E-state index is -0.562. The van der Waals surface area contributed by atoms with Gasteiger partial charge in [-0.25, -0.2) is 0 Å². The topological polar surface area (TPSA) is 70.2 Å². The van der Waals surface area contributed by atoms with Crippen LogP contribution in [0.5, 0.6) is 0 Å². The number of hydrogen-bond acceptors (Lipinski definition) is 3. The average molecular weight is 428 g/mol. The molecule has 2 aliphatic rings. The lowest BCUT2D eigenvalue weighted by atomic mass is 9.91. The largest absolute Gasteiger partial charge is 0.350 e. The number of amides is 2. The zero-order valence-electron chi connectivity index (χ0n) is 17.1. The van der Waals surface area contributed by atoms with E-state index in [1.165, 1.54) is 0 Å². The molecule has 2 amide bonds. The number of hydrogen-bond donors (Lipinski definition) is 3. The number of carbonyl (C=O) groups is 2. The molecule has 2 fully saturated rings. The van der Waals surface area contributed by atoms with E-state index < -0.39 is 6.04 Å². The maximum atomic E-state index is 12.9. The molecule has 2 unspecified atom stereocenters. The highest BCUT2D eigenvalue weighted by molar-refractivity contribution is 5.90. The van der Waals surface area contributed by atoms with Gasteiger partial charge in [0, 0.05) is 18.9 Å². The Morgan fingerprint density at radius 3 is 2.20 bits per heavy atom. The van der Waals surface area contributed by atoms with Crippen LogP contribution in [0.3, 0.4) is 0 Å². The molecule has 4 rings (SSSR count). The maximum absolute atomic E-state index is 12.9. The molecular formula is C24H30ClN3O2. The summed E-state index contributed by atoms with van der Waals surface area (Å²) >= 11 is 0. The van der Waals surface area contributed by atoms with E-state index in [0.29, 0.717) is 13.0 Å². The summed E-state index contributed by atoms with van der Waals surface area (Å²) in [6, 6.07) is 19.1. The molecule has 6 heteroatoms.